The number of benzene rings is 2. The molecule has 1 heterocycles. The fourth-order valence-corrected chi connectivity index (χ4v) is 4.97. The summed E-state index contributed by atoms with van der Waals surface area (Å²) in [6.07, 6.45) is -6.42. The Labute approximate surface area is 247 Å². The van der Waals surface area contributed by atoms with Gasteiger partial charge in [0.2, 0.25) is 0 Å². The van der Waals surface area contributed by atoms with Crippen molar-refractivity contribution in [3.8, 4) is 22.8 Å². The molecule has 236 valence electrons. The predicted molar refractivity (Wildman–Crippen MR) is 153 cm³/mol. The molecule has 0 aliphatic rings. The van der Waals surface area contributed by atoms with Crippen LogP contribution in [0.15, 0.2) is 55.1 Å². The van der Waals surface area contributed by atoms with Gasteiger partial charge in [-0.25, -0.2) is 4.79 Å². The molecule has 43 heavy (non-hydrogen) atoms. The fraction of sp³-hybridized carbons (Fsp3) is 0.469. The Hall–Kier alpha value is -3.63. The molecule has 0 amide bonds. The van der Waals surface area contributed by atoms with Gasteiger partial charge in [-0.2, -0.15) is 13.2 Å². The molecule has 0 aliphatic carbocycles. The minimum atomic E-state index is -4.89. The van der Waals surface area contributed by atoms with Gasteiger partial charge >= 0.3 is 18.5 Å². The van der Waals surface area contributed by atoms with Crippen LogP contribution in [-0.4, -0.2) is 36.3 Å². The number of ether oxygens (including phenoxy) is 3. The van der Waals surface area contributed by atoms with Gasteiger partial charge in [-0.3, -0.25) is 0 Å². The van der Waals surface area contributed by atoms with Crippen molar-refractivity contribution in [2.75, 3.05) is 13.2 Å². The topological polar surface area (TPSA) is 49.7 Å². The zero-order valence-corrected chi connectivity index (χ0v) is 24.7. The molecule has 0 fully saturated rings. The number of unbranched alkanes of at least 4 members (excludes halogenated alkanes) is 2. The second kappa shape index (κ2) is 13.8. The molecule has 0 aliphatic heterocycles. The van der Waals surface area contributed by atoms with Crippen molar-refractivity contribution in [2.45, 2.75) is 78.4 Å². The highest BCUT2D eigenvalue weighted by Gasteiger charge is 2.41. The largest absolute Gasteiger partial charge is 0.573 e. The van der Waals surface area contributed by atoms with E-state index in [1.165, 1.54) is 13.0 Å². The number of hydrogen-bond donors (Lipinski definition) is 0. The Kier molecular flexibility index (Phi) is 10.8. The van der Waals surface area contributed by atoms with Crippen LogP contribution in [0.1, 0.15) is 65.0 Å². The number of aromatic nitrogens is 1. The van der Waals surface area contributed by atoms with Crippen molar-refractivity contribution in [1.82, 2.24) is 4.57 Å². The van der Waals surface area contributed by atoms with E-state index in [1.54, 1.807) is 36.4 Å². The highest BCUT2D eigenvalue weighted by atomic mass is 19.4. The third-order valence-corrected chi connectivity index (χ3v) is 6.89. The van der Waals surface area contributed by atoms with Crippen LogP contribution in [0.25, 0.3) is 22.2 Å². The Balaban J connectivity index is 2.00. The van der Waals surface area contributed by atoms with Crippen LogP contribution < -0.4 is 9.47 Å². The molecule has 3 aromatic rings. The van der Waals surface area contributed by atoms with Crippen LogP contribution >= 0.6 is 0 Å². The summed E-state index contributed by atoms with van der Waals surface area (Å²) in [5.74, 6) is -0.903. The first-order valence-corrected chi connectivity index (χ1v) is 14.1. The summed E-state index contributed by atoms with van der Waals surface area (Å²) in [6.45, 7) is 9.39. The van der Waals surface area contributed by atoms with Gasteiger partial charge in [0.1, 0.15) is 18.1 Å². The number of hydrogen-bond acceptors (Lipinski definition) is 4. The number of carbonyl (C=O) groups excluding carboxylic acids is 1. The average molecular weight is 614 g/mol. The average Bonchev–Trinajstić information content (AvgIpc) is 3.28. The number of nitrogens with zero attached hydrogens (tertiary/aromatic N) is 1. The molecule has 2 aromatic carbocycles. The summed E-state index contributed by atoms with van der Waals surface area (Å²) in [6, 6.07) is 11.3. The van der Waals surface area contributed by atoms with Crippen molar-refractivity contribution in [3.63, 3.8) is 0 Å². The number of rotatable bonds is 14. The monoisotopic (exact) mass is 613 g/mol. The lowest BCUT2D eigenvalue weighted by Gasteiger charge is -2.29. The van der Waals surface area contributed by atoms with Crippen LogP contribution in [-0.2, 0) is 16.0 Å². The van der Waals surface area contributed by atoms with Crippen molar-refractivity contribution in [3.05, 3.63) is 60.7 Å². The first kappa shape index (κ1) is 33.9. The van der Waals surface area contributed by atoms with Crippen LogP contribution in [0.5, 0.6) is 11.5 Å². The quantitative estimate of drug-likeness (QED) is 0.0786. The van der Waals surface area contributed by atoms with Crippen LogP contribution in [0.2, 0.25) is 0 Å². The van der Waals surface area contributed by atoms with Gasteiger partial charge in [0.15, 0.2) is 0 Å². The van der Waals surface area contributed by atoms with Crippen molar-refractivity contribution < 1.29 is 45.3 Å². The molecule has 0 N–H and O–H groups in total. The molecule has 0 spiro atoms. The minimum absolute atomic E-state index is 0.209. The summed E-state index contributed by atoms with van der Waals surface area (Å²) in [5, 5.41) is 0.694. The van der Waals surface area contributed by atoms with E-state index in [4.69, 9.17) is 9.47 Å². The lowest BCUT2D eigenvalue weighted by atomic mass is 9.88. The molecule has 0 radical (unpaired) electrons. The molecule has 1 atom stereocenters. The molecule has 0 saturated carbocycles. The maximum atomic E-state index is 13.4. The Bertz CT molecular complexity index is 1410. The van der Waals surface area contributed by atoms with E-state index < -0.39 is 43.6 Å². The molecular weight excluding hydrogens is 576 g/mol. The Morgan fingerprint density at radius 2 is 1.72 bits per heavy atom. The summed E-state index contributed by atoms with van der Waals surface area (Å²) >= 11 is 0. The lowest BCUT2D eigenvalue weighted by Crippen LogP contribution is -2.36. The predicted octanol–water partition coefficient (Wildman–Crippen LogP) is 9.59. The van der Waals surface area contributed by atoms with E-state index in [0.717, 1.165) is 30.9 Å². The standard InChI is InChI=1S/C32H37F6NO4/c1-6-8-9-10-22-11-14-25(28(15-22)43-32(36,37)38)27-16-23-12-13-24(17-26(23)39(27)21(3)4)41-19-30(5,18-31(33,34)35)20-42-29(40)7-2/h7,11-17,21H,2,6,8-10,18-20H2,1,3-5H3. The maximum absolute atomic E-state index is 13.4. The third kappa shape index (κ3) is 9.69. The Morgan fingerprint density at radius 1 is 1.00 bits per heavy atom. The number of esters is 1. The molecule has 0 saturated heterocycles. The van der Waals surface area contributed by atoms with Gasteiger partial charge in [-0.1, -0.05) is 39.3 Å². The zero-order chi connectivity index (χ0) is 32.0. The zero-order valence-electron chi connectivity index (χ0n) is 24.7. The van der Waals surface area contributed by atoms with Crippen LogP contribution in [0, 0.1) is 5.41 Å². The minimum Gasteiger partial charge on any atom is -0.493 e. The number of aryl methyl sites for hydroxylation is 1. The normalized spacial score (nSPS) is 13.7. The summed E-state index contributed by atoms with van der Waals surface area (Å²) in [5.41, 5.74) is 0.508. The first-order chi connectivity index (χ1) is 20.0. The number of alkyl halides is 6. The Morgan fingerprint density at radius 3 is 2.33 bits per heavy atom. The van der Waals surface area contributed by atoms with E-state index in [9.17, 15) is 31.1 Å². The highest BCUT2D eigenvalue weighted by Crippen LogP contribution is 2.41. The van der Waals surface area contributed by atoms with Gasteiger partial charge in [-0.15, -0.1) is 13.2 Å². The molecule has 3 rings (SSSR count). The number of fused-ring (bicyclic) bond motifs is 1. The maximum Gasteiger partial charge on any atom is 0.573 e. The van der Waals surface area contributed by atoms with Crippen molar-refractivity contribution in [2.24, 2.45) is 5.41 Å². The second-order valence-electron chi connectivity index (χ2n) is 11.3. The number of halogens is 6. The first-order valence-electron chi connectivity index (χ1n) is 14.1. The molecular formula is C32H37F6NO4. The SMILES string of the molecule is C=CC(=O)OCC(C)(COc1ccc2cc(-c3ccc(CCCCC)cc3OC(F)(F)F)n(C(C)C)c2c1)CC(F)(F)F. The molecule has 1 unspecified atom stereocenters. The second-order valence-corrected chi connectivity index (χ2v) is 11.3. The van der Waals surface area contributed by atoms with Gasteiger partial charge in [0, 0.05) is 34.5 Å². The summed E-state index contributed by atoms with van der Waals surface area (Å²) in [4.78, 5) is 11.5. The fourth-order valence-electron chi connectivity index (χ4n) is 4.97. The molecule has 0 bridgehead atoms. The van der Waals surface area contributed by atoms with Crippen LogP contribution in [0.3, 0.4) is 0 Å². The third-order valence-electron chi connectivity index (χ3n) is 6.89. The number of carbonyl (C=O) groups is 1. The van der Waals surface area contributed by atoms with E-state index in [2.05, 4.69) is 11.3 Å². The van der Waals surface area contributed by atoms with E-state index in [0.29, 0.717) is 23.0 Å². The summed E-state index contributed by atoms with van der Waals surface area (Å²) < 4.78 is 97.4. The molecule has 5 nitrogen and oxygen atoms in total. The molecule has 11 heteroatoms. The summed E-state index contributed by atoms with van der Waals surface area (Å²) in [7, 11) is 0. The van der Waals surface area contributed by atoms with E-state index >= 15 is 0 Å². The van der Waals surface area contributed by atoms with Crippen molar-refractivity contribution >= 4 is 16.9 Å². The molecule has 1 aromatic heterocycles. The van der Waals surface area contributed by atoms with Gasteiger partial charge in [0.25, 0.3) is 0 Å². The smallest absolute Gasteiger partial charge is 0.493 e. The van der Waals surface area contributed by atoms with Gasteiger partial charge < -0.3 is 18.8 Å². The van der Waals surface area contributed by atoms with E-state index in [-0.39, 0.29) is 23.1 Å². The van der Waals surface area contributed by atoms with Crippen LogP contribution in [0.4, 0.5) is 26.3 Å². The van der Waals surface area contributed by atoms with E-state index in [1.807, 2.05) is 25.3 Å². The van der Waals surface area contributed by atoms with Gasteiger partial charge in [0.05, 0.1) is 24.2 Å². The lowest BCUT2D eigenvalue weighted by molar-refractivity contribution is -0.274. The van der Waals surface area contributed by atoms with Gasteiger partial charge in [-0.05, 0) is 62.6 Å². The highest BCUT2D eigenvalue weighted by molar-refractivity contribution is 5.89. The van der Waals surface area contributed by atoms with Crippen molar-refractivity contribution in [1.29, 1.82) is 0 Å².